The Morgan fingerprint density at radius 2 is 1.87 bits per heavy atom. The number of carbonyl (C=O) groups is 1. The minimum atomic E-state index is -3.83. The summed E-state index contributed by atoms with van der Waals surface area (Å²) < 4.78 is 45.7. The molecule has 1 aromatic carbocycles. The lowest BCUT2D eigenvalue weighted by molar-refractivity contribution is 0.0699. The SMILES string of the molecule is Cc1noc2nc(C(C)C)cc(C(=O)N3CCN(S(=O)(=O)c4cccc(F)c4)CC3)c12. The largest absolute Gasteiger partial charge is 0.336 e. The van der Waals surface area contributed by atoms with Crippen LogP contribution in [-0.4, -0.2) is 59.8 Å². The number of carbonyl (C=O) groups excluding carboxylic acids is 1. The lowest BCUT2D eigenvalue weighted by Crippen LogP contribution is -2.50. The molecule has 1 fully saturated rings. The van der Waals surface area contributed by atoms with E-state index in [0.717, 1.165) is 11.8 Å². The number of rotatable bonds is 4. The van der Waals surface area contributed by atoms with Gasteiger partial charge in [0.25, 0.3) is 11.6 Å². The van der Waals surface area contributed by atoms with Gasteiger partial charge in [0.1, 0.15) is 5.82 Å². The lowest BCUT2D eigenvalue weighted by Gasteiger charge is -2.34. The van der Waals surface area contributed by atoms with Crippen LogP contribution in [-0.2, 0) is 10.0 Å². The van der Waals surface area contributed by atoms with Gasteiger partial charge in [0, 0.05) is 31.9 Å². The predicted octanol–water partition coefficient (Wildman–Crippen LogP) is 2.94. The van der Waals surface area contributed by atoms with Gasteiger partial charge in [0.2, 0.25) is 10.0 Å². The molecule has 1 saturated heterocycles. The summed E-state index contributed by atoms with van der Waals surface area (Å²) in [6.45, 7) is 6.39. The highest BCUT2D eigenvalue weighted by Gasteiger charge is 2.32. The summed E-state index contributed by atoms with van der Waals surface area (Å²) in [7, 11) is -3.83. The molecular formula is C21H23FN4O4S. The van der Waals surface area contributed by atoms with Gasteiger partial charge in [0.15, 0.2) is 0 Å². The molecule has 0 spiro atoms. The first kappa shape index (κ1) is 21.4. The zero-order chi connectivity index (χ0) is 22.3. The molecule has 0 aliphatic carbocycles. The summed E-state index contributed by atoms with van der Waals surface area (Å²) in [5.41, 5.74) is 2.07. The van der Waals surface area contributed by atoms with E-state index < -0.39 is 15.8 Å². The lowest BCUT2D eigenvalue weighted by atomic mass is 10.0. The molecule has 1 aliphatic rings. The number of sulfonamides is 1. The summed E-state index contributed by atoms with van der Waals surface area (Å²) >= 11 is 0. The Morgan fingerprint density at radius 3 is 2.52 bits per heavy atom. The molecule has 0 saturated carbocycles. The Morgan fingerprint density at radius 1 is 1.16 bits per heavy atom. The first-order chi connectivity index (χ1) is 14.7. The van der Waals surface area contributed by atoms with Gasteiger partial charge in [-0.2, -0.15) is 4.31 Å². The van der Waals surface area contributed by atoms with E-state index in [4.69, 9.17) is 4.52 Å². The molecule has 2 aromatic heterocycles. The van der Waals surface area contributed by atoms with Crippen molar-refractivity contribution in [3.05, 3.63) is 53.1 Å². The Bertz CT molecular complexity index is 1250. The van der Waals surface area contributed by atoms with Crippen LogP contribution in [0.2, 0.25) is 0 Å². The van der Waals surface area contributed by atoms with Gasteiger partial charge in [-0.3, -0.25) is 4.79 Å². The second-order valence-corrected chi connectivity index (χ2v) is 9.79. The van der Waals surface area contributed by atoms with Crippen LogP contribution in [0.5, 0.6) is 0 Å². The van der Waals surface area contributed by atoms with Crippen molar-refractivity contribution in [2.75, 3.05) is 26.2 Å². The van der Waals surface area contributed by atoms with E-state index in [2.05, 4.69) is 10.1 Å². The van der Waals surface area contributed by atoms with E-state index in [-0.39, 0.29) is 42.9 Å². The Labute approximate surface area is 179 Å². The van der Waals surface area contributed by atoms with Crippen molar-refractivity contribution in [3.8, 4) is 0 Å². The smallest absolute Gasteiger partial charge is 0.259 e. The van der Waals surface area contributed by atoms with Crippen LogP contribution in [0.1, 0.15) is 41.5 Å². The van der Waals surface area contributed by atoms with Crippen molar-refractivity contribution in [1.29, 1.82) is 0 Å². The molecule has 31 heavy (non-hydrogen) atoms. The maximum atomic E-state index is 13.5. The first-order valence-corrected chi connectivity index (χ1v) is 11.4. The number of amides is 1. The summed E-state index contributed by atoms with van der Waals surface area (Å²) in [5.74, 6) is -0.736. The average Bonchev–Trinajstić information content (AvgIpc) is 3.13. The van der Waals surface area contributed by atoms with Gasteiger partial charge in [-0.25, -0.2) is 17.8 Å². The molecule has 164 valence electrons. The third-order valence-electron chi connectivity index (χ3n) is 5.42. The molecule has 10 heteroatoms. The maximum Gasteiger partial charge on any atom is 0.259 e. The number of piperazine rings is 1. The normalized spacial score (nSPS) is 15.7. The van der Waals surface area contributed by atoms with E-state index in [1.807, 2.05) is 13.8 Å². The number of benzene rings is 1. The summed E-state index contributed by atoms with van der Waals surface area (Å²) in [6, 6.07) is 6.69. The van der Waals surface area contributed by atoms with Crippen molar-refractivity contribution >= 4 is 27.0 Å². The van der Waals surface area contributed by atoms with Crippen LogP contribution in [0, 0.1) is 12.7 Å². The first-order valence-electron chi connectivity index (χ1n) is 10.0. The van der Waals surface area contributed by atoms with Gasteiger partial charge in [0.05, 0.1) is 21.5 Å². The third kappa shape index (κ3) is 3.92. The van der Waals surface area contributed by atoms with E-state index in [0.29, 0.717) is 22.4 Å². The zero-order valence-electron chi connectivity index (χ0n) is 17.5. The summed E-state index contributed by atoms with van der Waals surface area (Å²) in [5, 5.41) is 4.52. The Balaban J connectivity index is 1.57. The molecular weight excluding hydrogens is 423 g/mol. The van der Waals surface area contributed by atoms with Gasteiger partial charge in [-0.1, -0.05) is 25.1 Å². The highest BCUT2D eigenvalue weighted by Crippen LogP contribution is 2.27. The van der Waals surface area contributed by atoms with Crippen molar-refractivity contribution in [3.63, 3.8) is 0 Å². The summed E-state index contributed by atoms with van der Waals surface area (Å²) in [4.78, 5) is 19.3. The van der Waals surface area contributed by atoms with Gasteiger partial charge in [-0.05, 0) is 37.1 Å². The van der Waals surface area contributed by atoms with Crippen LogP contribution < -0.4 is 0 Å². The van der Waals surface area contributed by atoms with Crippen LogP contribution in [0.15, 0.2) is 39.8 Å². The molecule has 0 radical (unpaired) electrons. The van der Waals surface area contributed by atoms with E-state index in [1.165, 1.54) is 22.5 Å². The molecule has 0 bridgehead atoms. The Kier molecular flexibility index (Phi) is 5.52. The molecule has 1 aliphatic heterocycles. The number of aromatic nitrogens is 2. The molecule has 4 rings (SSSR count). The minimum Gasteiger partial charge on any atom is -0.336 e. The van der Waals surface area contributed by atoms with Crippen molar-refractivity contribution < 1.29 is 22.1 Å². The number of fused-ring (bicyclic) bond motifs is 1. The van der Waals surface area contributed by atoms with Crippen molar-refractivity contribution in [2.45, 2.75) is 31.6 Å². The second-order valence-electron chi connectivity index (χ2n) is 7.85. The highest BCUT2D eigenvalue weighted by atomic mass is 32.2. The van der Waals surface area contributed by atoms with E-state index in [1.54, 1.807) is 17.9 Å². The fraction of sp³-hybridized carbons (Fsp3) is 0.381. The molecule has 0 unspecified atom stereocenters. The number of nitrogens with zero attached hydrogens (tertiary/aromatic N) is 4. The number of hydrogen-bond donors (Lipinski definition) is 0. The van der Waals surface area contributed by atoms with Crippen molar-refractivity contribution in [2.24, 2.45) is 0 Å². The van der Waals surface area contributed by atoms with Crippen LogP contribution in [0.3, 0.4) is 0 Å². The maximum absolute atomic E-state index is 13.5. The molecule has 0 N–H and O–H groups in total. The van der Waals surface area contributed by atoms with Crippen LogP contribution >= 0.6 is 0 Å². The van der Waals surface area contributed by atoms with Crippen LogP contribution in [0.4, 0.5) is 4.39 Å². The zero-order valence-corrected chi connectivity index (χ0v) is 18.3. The number of hydrogen-bond acceptors (Lipinski definition) is 6. The predicted molar refractivity (Wildman–Crippen MR) is 112 cm³/mol. The molecule has 0 atom stereocenters. The molecule has 1 amide bonds. The number of halogens is 1. The van der Waals surface area contributed by atoms with E-state index >= 15 is 0 Å². The van der Waals surface area contributed by atoms with Crippen LogP contribution in [0.25, 0.3) is 11.1 Å². The van der Waals surface area contributed by atoms with Gasteiger partial charge in [-0.15, -0.1) is 0 Å². The minimum absolute atomic E-state index is 0.0922. The van der Waals surface area contributed by atoms with E-state index in [9.17, 15) is 17.6 Å². The third-order valence-corrected chi connectivity index (χ3v) is 7.31. The second kappa shape index (κ2) is 8.01. The number of aryl methyl sites for hydroxylation is 1. The fourth-order valence-corrected chi connectivity index (χ4v) is 5.11. The molecule has 3 aromatic rings. The standard InChI is InChI=1S/C21H23FN4O4S/c1-13(2)18-12-17(19-14(3)24-30-20(19)23-18)21(27)25-7-9-26(10-8-25)31(28,29)16-6-4-5-15(22)11-16/h4-6,11-13H,7-10H2,1-3H3. The highest BCUT2D eigenvalue weighted by molar-refractivity contribution is 7.89. The Hall–Kier alpha value is -2.85. The number of pyridine rings is 1. The fourth-order valence-electron chi connectivity index (χ4n) is 3.66. The van der Waals surface area contributed by atoms with Gasteiger partial charge < -0.3 is 9.42 Å². The quantitative estimate of drug-likeness (QED) is 0.611. The van der Waals surface area contributed by atoms with Gasteiger partial charge >= 0.3 is 0 Å². The van der Waals surface area contributed by atoms with Crippen molar-refractivity contribution in [1.82, 2.24) is 19.3 Å². The average molecular weight is 447 g/mol. The molecule has 8 nitrogen and oxygen atoms in total. The molecule has 3 heterocycles. The monoisotopic (exact) mass is 446 g/mol. The summed E-state index contributed by atoms with van der Waals surface area (Å²) in [6.07, 6.45) is 0. The topological polar surface area (TPSA) is 96.6 Å².